The van der Waals surface area contributed by atoms with Crippen LogP contribution in [0.1, 0.15) is 0 Å². The summed E-state index contributed by atoms with van der Waals surface area (Å²) in [7, 11) is 2.19. The van der Waals surface area contributed by atoms with E-state index < -0.39 is 6.29 Å². The second-order valence-corrected chi connectivity index (χ2v) is 1.03. The molecule has 0 fully saturated rings. The van der Waals surface area contributed by atoms with Gasteiger partial charge in [-0.2, -0.15) is 0 Å². The van der Waals surface area contributed by atoms with E-state index in [9.17, 15) is 0 Å². The molecule has 0 saturated heterocycles. The van der Waals surface area contributed by atoms with Gasteiger partial charge >= 0.3 is 0 Å². The number of nitrogens with one attached hydrogen (secondary N) is 1. The molecule has 0 aliphatic carbocycles. The lowest BCUT2D eigenvalue weighted by molar-refractivity contribution is 0.696. The average molecular weight is 93.1 g/mol. The average Bonchev–Trinajstić information content (AvgIpc) is 1.38. The Morgan fingerprint density at radius 2 is 1.80 bits per heavy atom. The number of hydrogen-bond acceptors (Lipinski definition) is 3. The Bertz CT molecular complexity index is 20.9. The first-order valence-corrected chi connectivity index (χ1v) is 1.82. The van der Waals surface area contributed by atoms with Gasteiger partial charge in [0.1, 0.15) is 6.29 Å². The van der Waals surface area contributed by atoms with Gasteiger partial charge in [-0.1, -0.05) is 9.39 Å². The lowest BCUT2D eigenvalue weighted by atomic mass is 11.0. The molecular weight excluding hydrogens is 85.0 g/mol. The van der Waals surface area contributed by atoms with Crippen molar-refractivity contribution in [1.29, 1.82) is 0 Å². The van der Waals surface area contributed by atoms with Crippen LogP contribution < -0.4 is 16.6 Å². The van der Waals surface area contributed by atoms with Crippen molar-refractivity contribution in [2.24, 2.45) is 11.5 Å². The predicted octanol–water partition coefficient (Wildman–Crippen LogP) is -1.43. The molecular formula is CH8N3P. The first kappa shape index (κ1) is 5.31. The van der Waals surface area contributed by atoms with Gasteiger partial charge in [-0.3, -0.25) is 5.09 Å². The van der Waals surface area contributed by atoms with Gasteiger partial charge in [0.05, 0.1) is 0 Å². The molecule has 0 heterocycles. The monoisotopic (exact) mass is 93.0 g/mol. The maximum atomic E-state index is 4.94. The minimum absolute atomic E-state index is 0.403. The predicted molar refractivity (Wildman–Crippen MR) is 25.0 cm³/mol. The summed E-state index contributed by atoms with van der Waals surface area (Å²) in [5.74, 6) is 0. The van der Waals surface area contributed by atoms with Crippen molar-refractivity contribution in [1.82, 2.24) is 5.09 Å². The molecule has 0 rings (SSSR count). The highest BCUT2D eigenvalue weighted by atomic mass is 31.0. The van der Waals surface area contributed by atoms with Gasteiger partial charge in [-0.05, 0) is 0 Å². The third-order valence-electron chi connectivity index (χ3n) is 0.192. The molecule has 0 aliphatic rings. The van der Waals surface area contributed by atoms with E-state index >= 15 is 0 Å². The van der Waals surface area contributed by atoms with Crippen LogP contribution in [0.3, 0.4) is 0 Å². The lowest BCUT2D eigenvalue weighted by Crippen LogP contribution is -2.39. The third kappa shape index (κ3) is 4.31. The molecule has 0 amide bonds. The Balaban J connectivity index is 2.54. The first-order chi connectivity index (χ1) is 2.27. The Labute approximate surface area is 33.4 Å². The van der Waals surface area contributed by atoms with E-state index in [2.05, 4.69) is 14.5 Å². The molecule has 1 unspecified atom stereocenters. The van der Waals surface area contributed by atoms with Crippen molar-refractivity contribution >= 4 is 9.39 Å². The van der Waals surface area contributed by atoms with Crippen LogP contribution in [0.4, 0.5) is 0 Å². The smallest absolute Gasteiger partial charge is 0.109 e. The Morgan fingerprint density at radius 3 is 1.80 bits per heavy atom. The van der Waals surface area contributed by atoms with E-state index in [1.54, 1.807) is 0 Å². The van der Waals surface area contributed by atoms with Crippen LogP contribution in [-0.2, 0) is 0 Å². The van der Waals surface area contributed by atoms with Crippen molar-refractivity contribution < 1.29 is 0 Å². The maximum absolute atomic E-state index is 4.94. The minimum atomic E-state index is -0.403. The SMILES string of the molecule is NC(N)NP. The van der Waals surface area contributed by atoms with Crippen molar-refractivity contribution in [2.75, 3.05) is 0 Å². The molecule has 1 atom stereocenters. The van der Waals surface area contributed by atoms with Crippen LogP contribution in [0.15, 0.2) is 0 Å². The van der Waals surface area contributed by atoms with Crippen LogP contribution in [0.25, 0.3) is 0 Å². The molecule has 5 N–H and O–H groups in total. The van der Waals surface area contributed by atoms with Gasteiger partial charge in [-0.15, -0.1) is 0 Å². The Morgan fingerprint density at radius 1 is 1.60 bits per heavy atom. The van der Waals surface area contributed by atoms with Crippen molar-refractivity contribution in [3.63, 3.8) is 0 Å². The standard InChI is InChI=1S/CH8N3P/c2-1(3)4-5/h1,4H,2-3,5H2. The molecule has 0 aromatic heterocycles. The highest BCUT2D eigenvalue weighted by molar-refractivity contribution is 7.13. The zero-order chi connectivity index (χ0) is 4.28. The molecule has 0 saturated carbocycles. The molecule has 5 heavy (non-hydrogen) atoms. The summed E-state index contributed by atoms with van der Waals surface area (Å²) in [5.41, 5.74) is 9.88. The van der Waals surface area contributed by atoms with Crippen LogP contribution in [0, 0.1) is 0 Å². The van der Waals surface area contributed by atoms with Gasteiger partial charge in [0.2, 0.25) is 0 Å². The van der Waals surface area contributed by atoms with Crippen molar-refractivity contribution in [3.05, 3.63) is 0 Å². The Hall–Kier alpha value is 0.310. The zero-order valence-corrected chi connectivity index (χ0v) is 3.96. The second-order valence-electron chi connectivity index (χ2n) is 0.692. The minimum Gasteiger partial charge on any atom is -0.304 e. The summed E-state index contributed by atoms with van der Waals surface area (Å²) in [6, 6.07) is 0. The van der Waals surface area contributed by atoms with Gasteiger partial charge in [0.25, 0.3) is 0 Å². The van der Waals surface area contributed by atoms with Crippen LogP contribution >= 0.6 is 9.39 Å². The molecule has 0 aromatic rings. The number of nitrogens with two attached hydrogens (primary N) is 2. The van der Waals surface area contributed by atoms with Gasteiger partial charge < -0.3 is 11.5 Å². The van der Waals surface area contributed by atoms with E-state index in [4.69, 9.17) is 11.5 Å². The van der Waals surface area contributed by atoms with Gasteiger partial charge in [0, 0.05) is 0 Å². The molecule has 0 spiro atoms. The molecule has 0 radical (unpaired) electrons. The van der Waals surface area contributed by atoms with E-state index in [-0.39, 0.29) is 0 Å². The van der Waals surface area contributed by atoms with E-state index in [1.807, 2.05) is 0 Å². The molecule has 4 heteroatoms. The molecule has 0 aromatic carbocycles. The fourth-order valence-corrected chi connectivity index (χ4v) is 0. The summed E-state index contributed by atoms with van der Waals surface area (Å²) < 4.78 is 0. The van der Waals surface area contributed by atoms with Gasteiger partial charge in [-0.25, -0.2) is 0 Å². The third-order valence-corrected chi connectivity index (χ3v) is 0.577. The summed E-state index contributed by atoms with van der Waals surface area (Å²) in [6.45, 7) is 0. The molecule has 0 bridgehead atoms. The highest BCUT2D eigenvalue weighted by Crippen LogP contribution is 1.60. The van der Waals surface area contributed by atoms with E-state index in [0.717, 1.165) is 0 Å². The van der Waals surface area contributed by atoms with E-state index in [1.165, 1.54) is 0 Å². The van der Waals surface area contributed by atoms with Crippen LogP contribution in [0.5, 0.6) is 0 Å². The van der Waals surface area contributed by atoms with Crippen LogP contribution in [-0.4, -0.2) is 6.29 Å². The summed E-state index contributed by atoms with van der Waals surface area (Å²) in [4.78, 5) is 0. The fraction of sp³-hybridized carbons (Fsp3) is 1.00. The van der Waals surface area contributed by atoms with E-state index in [0.29, 0.717) is 0 Å². The largest absolute Gasteiger partial charge is 0.304 e. The maximum Gasteiger partial charge on any atom is 0.109 e. The Kier molecular flexibility index (Phi) is 2.70. The van der Waals surface area contributed by atoms with Crippen molar-refractivity contribution in [3.8, 4) is 0 Å². The number of hydrogen-bond donors (Lipinski definition) is 3. The molecule has 3 nitrogen and oxygen atoms in total. The highest BCUT2D eigenvalue weighted by Gasteiger charge is 1.76. The second kappa shape index (κ2) is 2.54. The summed E-state index contributed by atoms with van der Waals surface area (Å²) in [6.07, 6.45) is -0.403. The number of rotatable bonds is 1. The molecule has 32 valence electrons. The summed E-state index contributed by atoms with van der Waals surface area (Å²) in [5, 5.41) is 2.50. The summed E-state index contributed by atoms with van der Waals surface area (Å²) >= 11 is 0. The fourth-order valence-electron chi connectivity index (χ4n) is 0. The quantitative estimate of drug-likeness (QED) is 0.275. The van der Waals surface area contributed by atoms with Crippen molar-refractivity contribution in [2.45, 2.75) is 6.29 Å². The zero-order valence-electron chi connectivity index (χ0n) is 2.81. The van der Waals surface area contributed by atoms with Crippen LogP contribution in [0.2, 0.25) is 0 Å². The molecule has 0 aliphatic heterocycles. The van der Waals surface area contributed by atoms with Gasteiger partial charge in [0.15, 0.2) is 0 Å². The lowest BCUT2D eigenvalue weighted by Gasteiger charge is -1.96. The topological polar surface area (TPSA) is 64.1 Å². The normalized spacial score (nSPS) is 9.60. The first-order valence-electron chi connectivity index (χ1n) is 1.24.